The van der Waals surface area contributed by atoms with E-state index >= 15 is 0 Å². The quantitative estimate of drug-likeness (QED) is 0.680. The molecule has 3 heterocycles. The third-order valence-electron chi connectivity index (χ3n) is 4.83. The number of halogens is 1. The van der Waals surface area contributed by atoms with Gasteiger partial charge in [0.05, 0.1) is 22.7 Å². The average molecular weight is 406 g/mol. The first-order valence-electron chi connectivity index (χ1n) is 8.81. The number of aromatic nitrogens is 3. The smallest absolute Gasteiger partial charge is 0.223 e. The zero-order valence-electron chi connectivity index (χ0n) is 14.8. The lowest BCUT2D eigenvalue weighted by atomic mass is 10.1. The van der Waals surface area contributed by atoms with E-state index in [0.29, 0.717) is 36.2 Å². The van der Waals surface area contributed by atoms with Gasteiger partial charge in [-0.15, -0.1) is 0 Å². The molecule has 27 heavy (non-hydrogen) atoms. The Morgan fingerprint density at radius 2 is 2.19 bits per heavy atom. The van der Waals surface area contributed by atoms with Gasteiger partial charge in [-0.25, -0.2) is 18.4 Å². The average Bonchev–Trinajstić information content (AvgIpc) is 3.31. The summed E-state index contributed by atoms with van der Waals surface area (Å²) in [6, 6.07) is 7.91. The van der Waals surface area contributed by atoms with Crippen LogP contribution in [0.2, 0.25) is 5.02 Å². The standard InChI is InChI=1S/C18H20ClN5O2S/c1-2-27(25,26)24-8-7-12(11-24)22-18-21-10-15(19)17(23-18)14-9-20-16-6-4-3-5-13(14)16/h3-6,9-10,12,20H,2,7-8,11H2,1H3,(H,21,22,23). The summed E-state index contributed by atoms with van der Waals surface area (Å²) in [5.41, 5.74) is 2.55. The number of hydrogen-bond donors (Lipinski definition) is 2. The summed E-state index contributed by atoms with van der Waals surface area (Å²) in [6.07, 6.45) is 4.17. The monoisotopic (exact) mass is 405 g/mol. The molecule has 0 aliphatic carbocycles. The van der Waals surface area contributed by atoms with Gasteiger partial charge in [0.2, 0.25) is 16.0 Å². The Hall–Kier alpha value is -2.16. The van der Waals surface area contributed by atoms with Crippen LogP contribution in [0.5, 0.6) is 0 Å². The molecule has 7 nitrogen and oxygen atoms in total. The number of para-hydroxylation sites is 1. The number of fused-ring (bicyclic) bond motifs is 1. The van der Waals surface area contributed by atoms with Crippen LogP contribution in [0.15, 0.2) is 36.7 Å². The highest BCUT2D eigenvalue weighted by Crippen LogP contribution is 2.32. The predicted octanol–water partition coefficient (Wildman–Crippen LogP) is 3.11. The Morgan fingerprint density at radius 1 is 1.37 bits per heavy atom. The molecule has 3 aromatic rings. The fourth-order valence-electron chi connectivity index (χ4n) is 3.36. The third-order valence-corrected chi connectivity index (χ3v) is 6.96. The molecule has 2 aromatic heterocycles. The van der Waals surface area contributed by atoms with E-state index in [1.807, 2.05) is 30.5 Å². The Labute approximate surface area is 162 Å². The summed E-state index contributed by atoms with van der Waals surface area (Å²) in [7, 11) is -3.17. The molecular weight excluding hydrogens is 386 g/mol. The SMILES string of the molecule is CCS(=O)(=O)N1CCC(Nc2ncc(Cl)c(-c3c[nH]c4ccccc34)n2)C1. The lowest BCUT2D eigenvalue weighted by Gasteiger charge is -2.16. The van der Waals surface area contributed by atoms with E-state index in [0.717, 1.165) is 16.5 Å². The van der Waals surface area contributed by atoms with Crippen LogP contribution >= 0.6 is 11.6 Å². The van der Waals surface area contributed by atoms with Gasteiger partial charge in [-0.3, -0.25) is 0 Å². The van der Waals surface area contributed by atoms with Crippen molar-refractivity contribution in [2.75, 3.05) is 24.2 Å². The first kappa shape index (κ1) is 18.2. The van der Waals surface area contributed by atoms with Crippen molar-refractivity contribution in [3.8, 4) is 11.3 Å². The molecule has 0 amide bonds. The zero-order valence-corrected chi connectivity index (χ0v) is 16.4. The molecule has 2 N–H and O–H groups in total. The number of nitrogens with one attached hydrogen (secondary N) is 2. The molecule has 0 spiro atoms. The van der Waals surface area contributed by atoms with E-state index in [4.69, 9.17) is 11.6 Å². The fourth-order valence-corrected chi connectivity index (χ4v) is 4.71. The van der Waals surface area contributed by atoms with E-state index in [1.165, 1.54) is 4.31 Å². The van der Waals surface area contributed by atoms with Gasteiger partial charge in [-0.05, 0) is 19.4 Å². The van der Waals surface area contributed by atoms with Crippen LogP contribution in [0.1, 0.15) is 13.3 Å². The first-order chi connectivity index (χ1) is 13.0. The number of H-pyrrole nitrogens is 1. The van der Waals surface area contributed by atoms with Crippen molar-refractivity contribution in [2.24, 2.45) is 0 Å². The molecule has 1 aliphatic heterocycles. The highest BCUT2D eigenvalue weighted by atomic mass is 35.5. The van der Waals surface area contributed by atoms with Crippen LogP contribution in [0.25, 0.3) is 22.2 Å². The van der Waals surface area contributed by atoms with Gasteiger partial charge >= 0.3 is 0 Å². The van der Waals surface area contributed by atoms with Gasteiger partial charge in [0.25, 0.3) is 0 Å². The molecule has 1 aliphatic rings. The molecule has 1 fully saturated rings. The van der Waals surface area contributed by atoms with E-state index in [-0.39, 0.29) is 11.8 Å². The zero-order chi connectivity index (χ0) is 19.0. The second-order valence-corrected chi connectivity index (χ2v) is 9.19. The number of aromatic amines is 1. The topological polar surface area (TPSA) is 91.0 Å². The van der Waals surface area contributed by atoms with Gasteiger partial charge in [-0.2, -0.15) is 4.31 Å². The Kier molecular flexibility index (Phi) is 4.79. The van der Waals surface area contributed by atoms with Gasteiger partial charge in [0.1, 0.15) is 0 Å². The first-order valence-corrected chi connectivity index (χ1v) is 10.8. The lowest BCUT2D eigenvalue weighted by Crippen LogP contribution is -2.32. The van der Waals surface area contributed by atoms with Crippen molar-refractivity contribution >= 4 is 38.5 Å². The van der Waals surface area contributed by atoms with Crippen LogP contribution in [-0.4, -0.2) is 52.6 Å². The summed E-state index contributed by atoms with van der Waals surface area (Å²) < 4.78 is 25.6. The maximum absolute atomic E-state index is 12.0. The molecule has 1 unspecified atom stereocenters. The second kappa shape index (κ2) is 7.10. The van der Waals surface area contributed by atoms with Gasteiger partial charge in [0.15, 0.2) is 0 Å². The summed E-state index contributed by atoms with van der Waals surface area (Å²) in [5.74, 6) is 0.558. The minimum absolute atomic E-state index is 0.0247. The molecule has 0 radical (unpaired) electrons. The largest absolute Gasteiger partial charge is 0.360 e. The van der Waals surface area contributed by atoms with Crippen LogP contribution in [0.3, 0.4) is 0 Å². The number of benzene rings is 1. The molecule has 142 valence electrons. The van der Waals surface area contributed by atoms with Gasteiger partial charge in [0, 0.05) is 41.8 Å². The highest BCUT2D eigenvalue weighted by molar-refractivity contribution is 7.89. The number of hydrogen-bond acceptors (Lipinski definition) is 5. The maximum Gasteiger partial charge on any atom is 0.223 e. The minimum Gasteiger partial charge on any atom is -0.360 e. The number of nitrogens with zero attached hydrogens (tertiary/aromatic N) is 3. The second-order valence-electron chi connectivity index (χ2n) is 6.53. The Bertz CT molecular complexity index is 1080. The van der Waals surface area contributed by atoms with Crippen molar-refractivity contribution in [3.05, 3.63) is 41.7 Å². The van der Waals surface area contributed by atoms with Gasteiger partial charge < -0.3 is 10.3 Å². The summed E-state index contributed by atoms with van der Waals surface area (Å²) in [6.45, 7) is 2.59. The normalized spacial score (nSPS) is 18.2. The van der Waals surface area contributed by atoms with E-state index in [2.05, 4.69) is 20.3 Å². The predicted molar refractivity (Wildman–Crippen MR) is 107 cm³/mol. The fraction of sp³-hybridized carbons (Fsp3) is 0.333. The van der Waals surface area contributed by atoms with E-state index < -0.39 is 10.0 Å². The number of rotatable bonds is 5. The van der Waals surface area contributed by atoms with Crippen LogP contribution in [-0.2, 0) is 10.0 Å². The van der Waals surface area contributed by atoms with Crippen molar-refractivity contribution in [1.82, 2.24) is 19.3 Å². The van der Waals surface area contributed by atoms with Crippen molar-refractivity contribution in [2.45, 2.75) is 19.4 Å². The summed E-state index contributed by atoms with van der Waals surface area (Å²) in [5, 5.41) is 4.74. The molecule has 9 heteroatoms. The highest BCUT2D eigenvalue weighted by Gasteiger charge is 2.30. The van der Waals surface area contributed by atoms with Crippen molar-refractivity contribution in [1.29, 1.82) is 0 Å². The van der Waals surface area contributed by atoms with Crippen molar-refractivity contribution < 1.29 is 8.42 Å². The van der Waals surface area contributed by atoms with Crippen LogP contribution in [0.4, 0.5) is 5.95 Å². The van der Waals surface area contributed by atoms with Crippen LogP contribution in [0, 0.1) is 0 Å². The molecule has 1 atom stereocenters. The van der Waals surface area contributed by atoms with E-state index in [9.17, 15) is 8.42 Å². The molecule has 1 saturated heterocycles. The maximum atomic E-state index is 12.0. The molecule has 0 bridgehead atoms. The molecule has 1 aromatic carbocycles. The van der Waals surface area contributed by atoms with E-state index in [1.54, 1.807) is 13.1 Å². The third kappa shape index (κ3) is 3.52. The number of anilines is 1. The number of sulfonamides is 1. The summed E-state index contributed by atoms with van der Waals surface area (Å²) >= 11 is 6.35. The Morgan fingerprint density at radius 3 is 3.00 bits per heavy atom. The molecule has 0 saturated carbocycles. The minimum atomic E-state index is -3.17. The molecule has 4 rings (SSSR count). The van der Waals surface area contributed by atoms with Crippen LogP contribution < -0.4 is 5.32 Å². The molecular formula is C18H20ClN5O2S. The van der Waals surface area contributed by atoms with Gasteiger partial charge in [-0.1, -0.05) is 29.8 Å². The Balaban J connectivity index is 1.59. The summed E-state index contributed by atoms with van der Waals surface area (Å²) in [4.78, 5) is 12.1. The lowest BCUT2D eigenvalue weighted by molar-refractivity contribution is 0.475. The van der Waals surface area contributed by atoms with Crippen molar-refractivity contribution in [3.63, 3.8) is 0 Å².